The fraction of sp³-hybridized carbons (Fsp3) is 0.333. The molecule has 2 aliphatic heterocycles. The van der Waals surface area contributed by atoms with Crippen LogP contribution >= 0.6 is 11.8 Å². The second kappa shape index (κ2) is 6.64. The highest BCUT2D eigenvalue weighted by atomic mass is 32.2. The number of hydrogen-bond donors (Lipinski definition) is 2. The Hall–Kier alpha value is -1.54. The first-order valence-corrected chi connectivity index (χ1v) is 10.8. The lowest BCUT2D eigenvalue weighted by Crippen LogP contribution is -2.47. The summed E-state index contributed by atoms with van der Waals surface area (Å²) < 4.78 is 27.5. The molecule has 7 heteroatoms. The van der Waals surface area contributed by atoms with E-state index < -0.39 is 15.3 Å². The van der Waals surface area contributed by atoms with Crippen LogP contribution in [-0.2, 0) is 10.0 Å². The summed E-state index contributed by atoms with van der Waals surface area (Å²) in [6, 6.07) is 14.1. The molecule has 0 aromatic heterocycles. The number of para-hydroxylation sites is 1. The Morgan fingerprint density at radius 1 is 1.04 bits per heavy atom. The zero-order valence-electron chi connectivity index (χ0n) is 14.0. The van der Waals surface area contributed by atoms with Crippen molar-refractivity contribution in [3.05, 3.63) is 48.0 Å². The minimum atomic E-state index is -3.34. The van der Waals surface area contributed by atoms with Crippen LogP contribution in [0.25, 0.3) is 0 Å². The third-order valence-corrected chi connectivity index (χ3v) is 8.13. The molecule has 0 spiro atoms. The maximum absolute atomic E-state index is 12.9. The highest BCUT2D eigenvalue weighted by Crippen LogP contribution is 2.45. The lowest BCUT2D eigenvalue weighted by Gasteiger charge is -2.30. The van der Waals surface area contributed by atoms with E-state index in [0.717, 1.165) is 21.8 Å². The predicted molar refractivity (Wildman–Crippen MR) is 102 cm³/mol. The molecule has 0 amide bonds. The molecular formula is C18H21N3O2S2. The van der Waals surface area contributed by atoms with Gasteiger partial charge in [-0.1, -0.05) is 30.0 Å². The number of anilines is 2. The minimum Gasteiger partial charge on any atom is -0.354 e. The molecule has 4 rings (SSSR count). The standard InChI is InChI=1S/C18H21N3O2S2/c1-13(25(22,23)21-10-8-19-9-11-21)14-6-7-18-16(12-14)20-15-4-2-3-5-17(15)24-18/h2-7,12-13,19-20H,8-11H2,1H3. The number of nitrogens with zero attached hydrogens (tertiary/aromatic N) is 1. The van der Waals surface area contributed by atoms with Gasteiger partial charge >= 0.3 is 0 Å². The lowest BCUT2D eigenvalue weighted by molar-refractivity contribution is 0.356. The van der Waals surface area contributed by atoms with Gasteiger partial charge in [0.2, 0.25) is 10.0 Å². The van der Waals surface area contributed by atoms with Gasteiger partial charge in [0.1, 0.15) is 0 Å². The Labute approximate surface area is 152 Å². The van der Waals surface area contributed by atoms with Gasteiger partial charge in [-0.25, -0.2) is 8.42 Å². The van der Waals surface area contributed by atoms with Gasteiger partial charge in [-0.05, 0) is 36.8 Å². The quantitative estimate of drug-likeness (QED) is 0.736. The van der Waals surface area contributed by atoms with E-state index in [1.807, 2.05) is 36.4 Å². The van der Waals surface area contributed by atoms with Crippen molar-refractivity contribution in [1.82, 2.24) is 9.62 Å². The SMILES string of the molecule is CC(c1ccc2c(c1)Nc1ccccc1S2)S(=O)(=O)N1CCNCC1. The Balaban J connectivity index is 1.62. The van der Waals surface area contributed by atoms with Gasteiger partial charge in [-0.2, -0.15) is 4.31 Å². The summed E-state index contributed by atoms with van der Waals surface area (Å²) >= 11 is 1.71. The normalized spacial score (nSPS) is 18.8. The number of nitrogens with one attached hydrogen (secondary N) is 2. The van der Waals surface area contributed by atoms with E-state index in [9.17, 15) is 8.42 Å². The maximum atomic E-state index is 12.9. The average Bonchev–Trinajstić information content (AvgIpc) is 2.66. The molecule has 1 fully saturated rings. The first kappa shape index (κ1) is 16.9. The fourth-order valence-corrected chi connectivity index (χ4v) is 5.80. The molecule has 2 aliphatic rings. The third kappa shape index (κ3) is 3.17. The Morgan fingerprint density at radius 3 is 2.56 bits per heavy atom. The minimum absolute atomic E-state index is 0.541. The van der Waals surface area contributed by atoms with Crippen molar-refractivity contribution in [2.24, 2.45) is 0 Å². The zero-order chi connectivity index (χ0) is 17.4. The summed E-state index contributed by atoms with van der Waals surface area (Å²) in [7, 11) is -3.34. The number of fused-ring (bicyclic) bond motifs is 2. The lowest BCUT2D eigenvalue weighted by atomic mass is 10.1. The molecule has 0 bridgehead atoms. The van der Waals surface area contributed by atoms with E-state index in [-0.39, 0.29) is 0 Å². The molecule has 1 saturated heterocycles. The number of hydrogen-bond acceptors (Lipinski definition) is 5. The molecule has 1 unspecified atom stereocenters. The van der Waals surface area contributed by atoms with Crippen LogP contribution in [-0.4, -0.2) is 38.9 Å². The van der Waals surface area contributed by atoms with Crippen molar-refractivity contribution in [1.29, 1.82) is 0 Å². The van der Waals surface area contributed by atoms with Gasteiger partial charge in [0.15, 0.2) is 0 Å². The second-order valence-electron chi connectivity index (χ2n) is 6.32. The molecule has 2 heterocycles. The largest absolute Gasteiger partial charge is 0.354 e. The van der Waals surface area contributed by atoms with Crippen LogP contribution < -0.4 is 10.6 Å². The van der Waals surface area contributed by atoms with Crippen molar-refractivity contribution in [2.75, 3.05) is 31.5 Å². The van der Waals surface area contributed by atoms with E-state index in [1.54, 1.807) is 23.0 Å². The van der Waals surface area contributed by atoms with Gasteiger partial charge < -0.3 is 10.6 Å². The summed E-state index contributed by atoms with van der Waals surface area (Å²) in [4.78, 5) is 2.30. The van der Waals surface area contributed by atoms with E-state index in [1.165, 1.54) is 4.90 Å². The van der Waals surface area contributed by atoms with Gasteiger partial charge in [-0.3, -0.25) is 0 Å². The molecule has 132 valence electrons. The first-order chi connectivity index (χ1) is 12.1. The molecular weight excluding hydrogens is 354 g/mol. The molecule has 0 aliphatic carbocycles. The summed E-state index contributed by atoms with van der Waals surface area (Å²) in [6.07, 6.45) is 0. The fourth-order valence-electron chi connectivity index (χ4n) is 3.20. The molecule has 5 nitrogen and oxygen atoms in total. The summed E-state index contributed by atoms with van der Waals surface area (Å²) in [5.74, 6) is 0. The van der Waals surface area contributed by atoms with Gasteiger partial charge in [0.05, 0.1) is 16.6 Å². The summed E-state index contributed by atoms with van der Waals surface area (Å²) in [6.45, 7) is 4.29. The Kier molecular flexibility index (Phi) is 4.49. The number of rotatable bonds is 3. The van der Waals surface area contributed by atoms with E-state index >= 15 is 0 Å². The topological polar surface area (TPSA) is 61.4 Å². The van der Waals surface area contributed by atoms with Crippen LogP contribution in [0, 0.1) is 0 Å². The zero-order valence-corrected chi connectivity index (χ0v) is 15.7. The number of piperazine rings is 1. The highest BCUT2D eigenvalue weighted by molar-refractivity contribution is 7.99. The summed E-state index contributed by atoms with van der Waals surface area (Å²) in [5, 5.41) is 6.07. The molecule has 25 heavy (non-hydrogen) atoms. The maximum Gasteiger partial charge on any atom is 0.220 e. The van der Waals surface area contributed by atoms with Crippen LogP contribution in [0.1, 0.15) is 17.7 Å². The van der Waals surface area contributed by atoms with Gasteiger partial charge in [0, 0.05) is 36.0 Å². The van der Waals surface area contributed by atoms with Crippen LogP contribution in [0.15, 0.2) is 52.3 Å². The first-order valence-electron chi connectivity index (χ1n) is 8.43. The van der Waals surface area contributed by atoms with Crippen LogP contribution in [0.2, 0.25) is 0 Å². The predicted octanol–water partition coefficient (Wildman–Crippen LogP) is 3.19. The van der Waals surface area contributed by atoms with E-state index in [0.29, 0.717) is 26.2 Å². The Bertz CT molecular complexity index is 893. The van der Waals surface area contributed by atoms with Crippen LogP contribution in [0.4, 0.5) is 11.4 Å². The van der Waals surface area contributed by atoms with E-state index in [2.05, 4.69) is 16.7 Å². The Morgan fingerprint density at radius 2 is 1.76 bits per heavy atom. The number of benzene rings is 2. The smallest absolute Gasteiger partial charge is 0.220 e. The third-order valence-electron chi connectivity index (χ3n) is 4.73. The molecule has 1 atom stereocenters. The molecule has 2 aromatic carbocycles. The van der Waals surface area contributed by atoms with Crippen molar-refractivity contribution in [3.8, 4) is 0 Å². The molecule has 0 saturated carbocycles. The van der Waals surface area contributed by atoms with Crippen LogP contribution in [0.5, 0.6) is 0 Å². The van der Waals surface area contributed by atoms with Crippen molar-refractivity contribution in [3.63, 3.8) is 0 Å². The molecule has 0 radical (unpaired) electrons. The van der Waals surface area contributed by atoms with Crippen molar-refractivity contribution < 1.29 is 8.42 Å². The van der Waals surface area contributed by atoms with Crippen molar-refractivity contribution >= 4 is 33.2 Å². The van der Waals surface area contributed by atoms with Crippen LogP contribution in [0.3, 0.4) is 0 Å². The van der Waals surface area contributed by atoms with Crippen molar-refractivity contribution in [2.45, 2.75) is 22.0 Å². The van der Waals surface area contributed by atoms with Gasteiger partial charge in [0.25, 0.3) is 0 Å². The van der Waals surface area contributed by atoms with Gasteiger partial charge in [-0.15, -0.1) is 0 Å². The highest BCUT2D eigenvalue weighted by Gasteiger charge is 2.31. The molecule has 2 N–H and O–H groups in total. The monoisotopic (exact) mass is 375 g/mol. The molecule has 2 aromatic rings. The second-order valence-corrected chi connectivity index (χ2v) is 9.65. The summed E-state index contributed by atoms with van der Waals surface area (Å²) in [5.41, 5.74) is 2.86. The average molecular weight is 376 g/mol. The number of sulfonamides is 1. The van der Waals surface area contributed by atoms with E-state index in [4.69, 9.17) is 0 Å².